The first-order valence-corrected chi connectivity index (χ1v) is 11.6. The highest BCUT2D eigenvalue weighted by atomic mass is 35.5. The Morgan fingerprint density at radius 1 is 1.32 bits per heavy atom. The molecule has 31 heavy (non-hydrogen) atoms. The smallest absolute Gasteiger partial charge is 0.282 e. The van der Waals surface area contributed by atoms with E-state index in [9.17, 15) is 18.0 Å². The van der Waals surface area contributed by atoms with Crippen molar-refractivity contribution in [1.29, 1.82) is 0 Å². The van der Waals surface area contributed by atoms with E-state index in [4.69, 9.17) is 16.1 Å². The van der Waals surface area contributed by atoms with Crippen LogP contribution in [0.15, 0.2) is 47.0 Å². The largest absolute Gasteiger partial charge is 0.361 e. The Morgan fingerprint density at radius 2 is 2.10 bits per heavy atom. The van der Waals surface area contributed by atoms with Gasteiger partial charge in [-0.3, -0.25) is 9.59 Å². The van der Waals surface area contributed by atoms with Crippen LogP contribution in [0.5, 0.6) is 0 Å². The van der Waals surface area contributed by atoms with E-state index in [2.05, 4.69) is 5.16 Å². The number of amides is 1. The number of fused-ring (bicyclic) bond motifs is 1. The second-order valence-electron chi connectivity index (χ2n) is 7.24. The SMILES string of the molecule is Cc1cc(Cn2c(C(=O)NS(C)(=O)=O)c(C3=CC=CCC3=O)c3cc(Cl)ccc32)no1. The summed E-state index contributed by atoms with van der Waals surface area (Å²) in [5.74, 6) is -0.451. The molecule has 10 heteroatoms. The van der Waals surface area contributed by atoms with E-state index in [0.717, 1.165) is 6.26 Å². The first-order valence-electron chi connectivity index (χ1n) is 9.30. The number of hydrogen-bond donors (Lipinski definition) is 1. The molecular weight excluding hydrogens is 442 g/mol. The van der Waals surface area contributed by atoms with Crippen molar-refractivity contribution in [1.82, 2.24) is 14.4 Å². The zero-order chi connectivity index (χ0) is 22.3. The highest BCUT2D eigenvalue weighted by Crippen LogP contribution is 2.36. The number of carbonyl (C=O) groups excluding carboxylic acids is 2. The minimum Gasteiger partial charge on any atom is -0.361 e. The molecule has 8 nitrogen and oxygen atoms in total. The molecule has 0 atom stereocenters. The van der Waals surface area contributed by atoms with Gasteiger partial charge in [-0.05, 0) is 25.1 Å². The summed E-state index contributed by atoms with van der Waals surface area (Å²) >= 11 is 6.23. The molecule has 4 rings (SSSR count). The van der Waals surface area contributed by atoms with Crippen molar-refractivity contribution in [2.24, 2.45) is 0 Å². The van der Waals surface area contributed by atoms with Crippen LogP contribution in [0.25, 0.3) is 16.5 Å². The fraction of sp³-hybridized carbons (Fsp3) is 0.190. The highest BCUT2D eigenvalue weighted by molar-refractivity contribution is 7.89. The summed E-state index contributed by atoms with van der Waals surface area (Å²) in [6.07, 6.45) is 6.12. The zero-order valence-corrected chi connectivity index (χ0v) is 18.2. The van der Waals surface area contributed by atoms with Gasteiger partial charge in [-0.1, -0.05) is 35.0 Å². The fourth-order valence-corrected chi connectivity index (χ4v) is 4.24. The number of hydrogen-bond acceptors (Lipinski definition) is 6. The lowest BCUT2D eigenvalue weighted by Crippen LogP contribution is -2.32. The average molecular weight is 460 g/mol. The van der Waals surface area contributed by atoms with Gasteiger partial charge in [0.25, 0.3) is 5.91 Å². The van der Waals surface area contributed by atoms with Crippen molar-refractivity contribution in [3.63, 3.8) is 0 Å². The summed E-state index contributed by atoms with van der Waals surface area (Å²) in [4.78, 5) is 25.9. The molecule has 1 aliphatic rings. The van der Waals surface area contributed by atoms with E-state index < -0.39 is 15.9 Å². The third-order valence-electron chi connectivity index (χ3n) is 4.79. The van der Waals surface area contributed by atoms with Gasteiger partial charge in [0.2, 0.25) is 10.0 Å². The number of benzene rings is 1. The number of halogens is 1. The number of rotatable bonds is 5. The van der Waals surface area contributed by atoms with Gasteiger partial charge in [0.15, 0.2) is 5.78 Å². The summed E-state index contributed by atoms with van der Waals surface area (Å²) in [6.45, 7) is 1.86. The highest BCUT2D eigenvalue weighted by Gasteiger charge is 2.29. The molecule has 0 spiro atoms. The van der Waals surface area contributed by atoms with Crippen molar-refractivity contribution < 1.29 is 22.5 Å². The molecule has 160 valence electrons. The molecule has 0 fully saturated rings. The van der Waals surface area contributed by atoms with Gasteiger partial charge in [0, 0.05) is 39.5 Å². The molecule has 1 aliphatic carbocycles. The summed E-state index contributed by atoms with van der Waals surface area (Å²) < 4.78 is 32.4. The molecule has 0 bridgehead atoms. The Balaban J connectivity index is 2.05. The molecule has 3 aromatic rings. The van der Waals surface area contributed by atoms with Crippen molar-refractivity contribution in [3.8, 4) is 0 Å². The topological polar surface area (TPSA) is 111 Å². The number of Topliss-reactive ketones (excluding diaryl/α,β-unsaturated/α-hetero) is 1. The second kappa shape index (κ2) is 7.82. The summed E-state index contributed by atoms with van der Waals surface area (Å²) in [7, 11) is -3.86. The molecule has 2 heterocycles. The maximum atomic E-state index is 13.2. The van der Waals surface area contributed by atoms with Crippen molar-refractivity contribution in [2.75, 3.05) is 6.26 Å². The molecule has 0 saturated carbocycles. The minimum atomic E-state index is -3.86. The first kappa shape index (κ1) is 21.1. The van der Waals surface area contributed by atoms with Crippen molar-refractivity contribution >= 4 is 49.8 Å². The maximum absolute atomic E-state index is 13.2. The van der Waals surface area contributed by atoms with Crippen LogP contribution >= 0.6 is 11.6 Å². The van der Waals surface area contributed by atoms with Crippen molar-refractivity contribution in [2.45, 2.75) is 19.9 Å². The van der Waals surface area contributed by atoms with E-state index in [1.165, 1.54) is 0 Å². The fourth-order valence-electron chi connectivity index (χ4n) is 3.64. The van der Waals surface area contributed by atoms with Crippen LogP contribution in [-0.2, 0) is 21.4 Å². The maximum Gasteiger partial charge on any atom is 0.282 e. The number of aromatic nitrogens is 2. The van der Waals surface area contributed by atoms with Crippen LogP contribution in [0.4, 0.5) is 0 Å². The quantitative estimate of drug-likeness (QED) is 0.627. The molecule has 1 N–H and O–H groups in total. The Hall–Kier alpha value is -3.17. The molecular formula is C21H18ClN3O5S. The molecule has 0 unspecified atom stereocenters. The van der Waals surface area contributed by atoms with Crippen LogP contribution in [0, 0.1) is 6.92 Å². The van der Waals surface area contributed by atoms with Crippen LogP contribution in [0.1, 0.15) is 33.9 Å². The normalized spacial score (nSPS) is 14.2. The number of allylic oxidation sites excluding steroid dienone is 4. The van der Waals surface area contributed by atoms with E-state index in [1.54, 1.807) is 54.0 Å². The Bertz CT molecular complexity index is 1400. The summed E-state index contributed by atoms with van der Waals surface area (Å²) in [5.41, 5.74) is 1.80. The average Bonchev–Trinajstić information content (AvgIpc) is 3.22. The third-order valence-corrected chi connectivity index (χ3v) is 5.58. The monoisotopic (exact) mass is 459 g/mol. The van der Waals surface area contributed by atoms with Gasteiger partial charge >= 0.3 is 0 Å². The zero-order valence-electron chi connectivity index (χ0n) is 16.7. The number of sulfonamides is 1. The van der Waals surface area contributed by atoms with Gasteiger partial charge in [-0.25, -0.2) is 13.1 Å². The standard InChI is InChI=1S/C21H18ClN3O5S/c1-12-9-14(23-30-12)11-25-17-8-7-13(22)10-16(17)19(15-5-3-4-6-18(15)26)20(25)21(27)24-31(2,28)29/h3-5,7-10H,6,11H2,1-2H3,(H,24,27). The van der Waals surface area contributed by atoms with Gasteiger partial charge in [0.1, 0.15) is 17.1 Å². The van der Waals surface area contributed by atoms with Crippen molar-refractivity contribution in [3.05, 3.63) is 70.2 Å². The molecule has 2 aromatic heterocycles. The van der Waals surface area contributed by atoms with Crippen LogP contribution in [0.2, 0.25) is 5.02 Å². The second-order valence-corrected chi connectivity index (χ2v) is 9.42. The molecule has 0 aliphatic heterocycles. The number of nitrogens with zero attached hydrogens (tertiary/aromatic N) is 2. The summed E-state index contributed by atoms with van der Waals surface area (Å²) in [5, 5.41) is 4.95. The molecule has 1 aromatic carbocycles. The number of ketones is 1. The van der Waals surface area contributed by atoms with E-state index in [-0.39, 0.29) is 24.4 Å². The first-order chi connectivity index (χ1) is 14.6. The van der Waals surface area contributed by atoms with Gasteiger partial charge in [-0.2, -0.15) is 0 Å². The predicted octanol–water partition coefficient (Wildman–Crippen LogP) is 3.24. The Kier molecular flexibility index (Phi) is 5.32. The Morgan fingerprint density at radius 3 is 2.74 bits per heavy atom. The number of aryl methyl sites for hydroxylation is 1. The lowest BCUT2D eigenvalue weighted by molar-refractivity contribution is -0.113. The predicted molar refractivity (Wildman–Crippen MR) is 116 cm³/mol. The lowest BCUT2D eigenvalue weighted by Gasteiger charge is -2.13. The van der Waals surface area contributed by atoms with Crippen LogP contribution in [-0.4, -0.2) is 36.1 Å². The van der Waals surface area contributed by atoms with E-state index in [1.807, 2.05) is 4.72 Å². The van der Waals surface area contributed by atoms with Gasteiger partial charge < -0.3 is 9.09 Å². The summed E-state index contributed by atoms with van der Waals surface area (Å²) in [6, 6.07) is 6.75. The van der Waals surface area contributed by atoms with Gasteiger partial charge in [-0.15, -0.1) is 0 Å². The molecule has 0 radical (unpaired) electrons. The number of carbonyl (C=O) groups is 2. The molecule has 0 saturated heterocycles. The Labute approximate surface area is 183 Å². The van der Waals surface area contributed by atoms with Crippen LogP contribution < -0.4 is 4.72 Å². The lowest BCUT2D eigenvalue weighted by atomic mass is 9.93. The molecule has 1 amide bonds. The van der Waals surface area contributed by atoms with Gasteiger partial charge in [0.05, 0.1) is 12.8 Å². The van der Waals surface area contributed by atoms with Crippen LogP contribution in [0.3, 0.4) is 0 Å². The van der Waals surface area contributed by atoms with E-state index >= 15 is 0 Å². The third kappa shape index (κ3) is 4.19. The van der Waals surface area contributed by atoms with E-state index in [0.29, 0.717) is 38.5 Å². The number of nitrogens with one attached hydrogen (secondary N) is 1. The minimum absolute atomic E-state index is 0.0262.